The molecule has 0 spiro atoms. The molecule has 44 heavy (non-hydrogen) atoms. The molecule has 0 bridgehead atoms. The molecule has 0 fully saturated rings. The highest BCUT2D eigenvalue weighted by Gasteiger charge is 2.20. The highest BCUT2D eigenvalue weighted by Crippen LogP contribution is 2.45. The van der Waals surface area contributed by atoms with Crippen LogP contribution in [0.1, 0.15) is 48.1 Å². The monoisotopic (exact) mass is 569 g/mol. The van der Waals surface area contributed by atoms with E-state index in [4.69, 9.17) is 4.99 Å². The van der Waals surface area contributed by atoms with Gasteiger partial charge in [-0.2, -0.15) is 0 Å². The minimum Gasteiger partial charge on any atom is -0.252 e. The molecule has 216 valence electrons. The highest BCUT2D eigenvalue weighted by molar-refractivity contribution is 6.14. The number of rotatable bonds is 6. The summed E-state index contributed by atoms with van der Waals surface area (Å²) in [5.41, 5.74) is 11.8. The van der Waals surface area contributed by atoms with Gasteiger partial charge in [-0.1, -0.05) is 117 Å². The first-order valence-corrected chi connectivity index (χ1v) is 15.5. The lowest BCUT2D eigenvalue weighted by molar-refractivity contribution is 1.24. The number of fused-ring (bicyclic) bond motifs is 2. The molecule has 6 rings (SSSR count). The van der Waals surface area contributed by atoms with Crippen LogP contribution >= 0.6 is 0 Å². The average Bonchev–Trinajstić information content (AvgIpc) is 3.04. The van der Waals surface area contributed by atoms with Crippen molar-refractivity contribution in [3.8, 4) is 11.1 Å². The van der Waals surface area contributed by atoms with Gasteiger partial charge in [0.2, 0.25) is 0 Å². The van der Waals surface area contributed by atoms with Gasteiger partial charge in [0.15, 0.2) is 0 Å². The molecule has 6 aromatic rings. The molecule has 0 saturated heterocycles. The van der Waals surface area contributed by atoms with E-state index < -0.39 is 0 Å². The first-order valence-electron chi connectivity index (χ1n) is 15.5. The fourth-order valence-electron chi connectivity index (χ4n) is 6.25. The SMILES string of the molecule is C=c1cccc/c1=C/C(=CC)c1c(N=C(CC)c2ccc(C)c(C)c2)c(C)c(-c2ccc3ccccc3c2)c2ccccc12. The first kappa shape index (κ1) is 29.1. The van der Waals surface area contributed by atoms with Crippen LogP contribution in [0.25, 0.3) is 50.9 Å². The summed E-state index contributed by atoms with van der Waals surface area (Å²) in [6, 6.07) is 39.2. The summed E-state index contributed by atoms with van der Waals surface area (Å²) in [4.78, 5) is 5.59. The van der Waals surface area contributed by atoms with E-state index >= 15 is 0 Å². The van der Waals surface area contributed by atoms with Crippen molar-refractivity contribution >= 4 is 51.2 Å². The molecule has 0 radical (unpaired) electrons. The van der Waals surface area contributed by atoms with E-state index in [1.54, 1.807) is 0 Å². The van der Waals surface area contributed by atoms with Gasteiger partial charge >= 0.3 is 0 Å². The smallest absolute Gasteiger partial charge is 0.0753 e. The lowest BCUT2D eigenvalue weighted by atomic mass is 9.85. The molecular weight excluding hydrogens is 530 g/mol. The van der Waals surface area contributed by atoms with Crippen LogP contribution < -0.4 is 10.4 Å². The van der Waals surface area contributed by atoms with E-state index in [0.717, 1.165) is 39.4 Å². The summed E-state index contributed by atoms with van der Waals surface area (Å²) in [6.07, 6.45) is 5.31. The summed E-state index contributed by atoms with van der Waals surface area (Å²) in [6.45, 7) is 15.2. The van der Waals surface area contributed by atoms with Crippen molar-refractivity contribution in [1.82, 2.24) is 0 Å². The van der Waals surface area contributed by atoms with E-state index in [1.807, 2.05) is 6.07 Å². The highest BCUT2D eigenvalue weighted by atomic mass is 14.8. The van der Waals surface area contributed by atoms with Crippen LogP contribution in [0.3, 0.4) is 0 Å². The van der Waals surface area contributed by atoms with Gasteiger partial charge in [0.25, 0.3) is 0 Å². The third kappa shape index (κ3) is 5.42. The Morgan fingerprint density at radius 1 is 0.727 bits per heavy atom. The van der Waals surface area contributed by atoms with Crippen molar-refractivity contribution in [3.63, 3.8) is 0 Å². The van der Waals surface area contributed by atoms with E-state index in [0.29, 0.717) is 0 Å². The maximum Gasteiger partial charge on any atom is 0.0753 e. The number of aryl methyl sites for hydroxylation is 2. The molecule has 0 heterocycles. The van der Waals surface area contributed by atoms with Crippen molar-refractivity contribution in [2.24, 2.45) is 4.99 Å². The quantitative estimate of drug-likeness (QED) is 0.177. The Kier molecular flexibility index (Phi) is 8.13. The van der Waals surface area contributed by atoms with Gasteiger partial charge in [0.05, 0.1) is 5.69 Å². The van der Waals surface area contributed by atoms with Crippen LogP contribution in [0, 0.1) is 20.8 Å². The lowest BCUT2D eigenvalue weighted by Gasteiger charge is -2.21. The molecule has 0 N–H and O–H groups in total. The Labute approximate surface area is 261 Å². The van der Waals surface area contributed by atoms with Crippen molar-refractivity contribution in [2.45, 2.75) is 41.0 Å². The molecule has 0 aliphatic rings. The molecule has 0 unspecified atom stereocenters. The third-order valence-corrected chi connectivity index (χ3v) is 8.86. The standard InChI is InChI=1S/C43H39N/c1-7-32(26-34-17-10-9-15-29(34)4)42-39-20-14-13-19-38(39)41(37-24-23-33-16-11-12-18-35(33)27-37)31(6)43(42)44-40(8-2)36-22-21-28(3)30(5)25-36/h7,9-27H,4,8H2,1-3,5-6H3/b32-7?,34-26-,44-40?. The maximum atomic E-state index is 5.59. The van der Waals surface area contributed by atoms with Crippen LogP contribution in [0.15, 0.2) is 120 Å². The molecule has 6 aromatic carbocycles. The molecule has 1 nitrogen and oxygen atoms in total. The Bertz CT molecular complexity index is 2210. The summed E-state index contributed by atoms with van der Waals surface area (Å²) >= 11 is 0. The Morgan fingerprint density at radius 2 is 1.43 bits per heavy atom. The molecule has 0 aliphatic carbocycles. The van der Waals surface area contributed by atoms with Crippen molar-refractivity contribution < 1.29 is 0 Å². The van der Waals surface area contributed by atoms with Crippen LogP contribution in [-0.2, 0) is 0 Å². The number of benzene rings is 6. The van der Waals surface area contributed by atoms with E-state index in [9.17, 15) is 0 Å². The van der Waals surface area contributed by atoms with Crippen molar-refractivity contribution in [3.05, 3.63) is 154 Å². The molecule has 1 heteroatoms. The van der Waals surface area contributed by atoms with E-state index in [-0.39, 0.29) is 0 Å². The maximum absolute atomic E-state index is 5.59. The van der Waals surface area contributed by atoms with Gasteiger partial charge in [-0.15, -0.1) is 0 Å². The minimum absolute atomic E-state index is 0.829. The predicted octanol–water partition coefficient (Wildman–Crippen LogP) is 10.4. The third-order valence-electron chi connectivity index (χ3n) is 8.86. The normalized spacial score (nSPS) is 12.8. The Balaban J connectivity index is 1.73. The van der Waals surface area contributed by atoms with Gasteiger partial charge in [-0.05, 0) is 123 Å². The summed E-state index contributed by atoms with van der Waals surface area (Å²) in [5.74, 6) is 0. The van der Waals surface area contributed by atoms with Crippen LogP contribution in [-0.4, -0.2) is 5.71 Å². The molecule has 0 aromatic heterocycles. The zero-order valence-electron chi connectivity index (χ0n) is 26.4. The molecule has 0 aliphatic heterocycles. The fraction of sp³-hybridized carbons (Fsp3) is 0.140. The topological polar surface area (TPSA) is 12.4 Å². The lowest BCUT2D eigenvalue weighted by Crippen LogP contribution is -2.21. The number of nitrogens with zero attached hydrogens (tertiary/aromatic N) is 1. The predicted molar refractivity (Wildman–Crippen MR) is 193 cm³/mol. The largest absolute Gasteiger partial charge is 0.252 e. The van der Waals surface area contributed by atoms with Gasteiger partial charge in [-0.3, -0.25) is 4.99 Å². The van der Waals surface area contributed by atoms with Crippen LogP contribution in [0.5, 0.6) is 0 Å². The summed E-state index contributed by atoms with van der Waals surface area (Å²) in [7, 11) is 0. The van der Waals surface area contributed by atoms with Crippen LogP contribution in [0.2, 0.25) is 0 Å². The second-order valence-electron chi connectivity index (χ2n) is 11.6. The number of hydrogen-bond donors (Lipinski definition) is 0. The minimum atomic E-state index is 0.829. The zero-order chi connectivity index (χ0) is 30.8. The van der Waals surface area contributed by atoms with Crippen molar-refractivity contribution in [1.29, 1.82) is 0 Å². The van der Waals surface area contributed by atoms with Gasteiger partial charge < -0.3 is 0 Å². The van der Waals surface area contributed by atoms with Gasteiger partial charge in [0, 0.05) is 11.3 Å². The number of allylic oxidation sites excluding steroid dienone is 2. The fourth-order valence-corrected chi connectivity index (χ4v) is 6.25. The molecule has 0 saturated carbocycles. The van der Waals surface area contributed by atoms with Crippen LogP contribution in [0.4, 0.5) is 5.69 Å². The molecular formula is C43H39N. The number of aliphatic imine (C=N–C) groups is 1. The van der Waals surface area contributed by atoms with E-state index in [1.165, 1.54) is 54.9 Å². The average molecular weight is 570 g/mol. The van der Waals surface area contributed by atoms with Gasteiger partial charge in [-0.25, -0.2) is 0 Å². The van der Waals surface area contributed by atoms with E-state index in [2.05, 4.69) is 156 Å². The Morgan fingerprint density at radius 3 is 2.16 bits per heavy atom. The molecule has 0 amide bonds. The molecule has 0 atom stereocenters. The van der Waals surface area contributed by atoms with Crippen molar-refractivity contribution in [2.75, 3.05) is 0 Å². The first-order chi connectivity index (χ1) is 21.4. The summed E-state index contributed by atoms with van der Waals surface area (Å²) in [5, 5.41) is 7.03. The Hall–Kier alpha value is -5.01. The number of hydrogen-bond acceptors (Lipinski definition) is 1. The second-order valence-corrected chi connectivity index (χ2v) is 11.6. The zero-order valence-corrected chi connectivity index (χ0v) is 26.4. The van der Waals surface area contributed by atoms with Gasteiger partial charge in [0.1, 0.15) is 0 Å². The summed E-state index contributed by atoms with van der Waals surface area (Å²) < 4.78 is 0. The second kappa shape index (κ2) is 12.3.